The van der Waals surface area contributed by atoms with E-state index in [9.17, 15) is 0 Å². The predicted octanol–water partition coefficient (Wildman–Crippen LogP) is 3.21. The third-order valence-electron chi connectivity index (χ3n) is 3.66. The van der Waals surface area contributed by atoms with Gasteiger partial charge in [-0.05, 0) is 32.6 Å². The highest BCUT2D eigenvalue weighted by Crippen LogP contribution is 2.29. The normalized spacial score (nSPS) is 27.2. The molecule has 2 rings (SSSR count). The van der Waals surface area contributed by atoms with Crippen LogP contribution in [-0.2, 0) is 0 Å². The van der Waals surface area contributed by atoms with Crippen molar-refractivity contribution in [2.75, 3.05) is 0 Å². The first-order valence-corrected chi connectivity index (χ1v) is 6.39. The van der Waals surface area contributed by atoms with Crippen LogP contribution in [0.3, 0.4) is 0 Å². The molecule has 0 aliphatic heterocycles. The van der Waals surface area contributed by atoms with E-state index in [-0.39, 0.29) is 6.04 Å². The maximum Gasteiger partial charge on any atom is 0.211 e. The molecule has 1 aliphatic rings. The molecule has 1 saturated carbocycles. The summed E-state index contributed by atoms with van der Waals surface area (Å²) in [6.07, 6.45) is 7.08. The van der Waals surface area contributed by atoms with Crippen molar-refractivity contribution in [1.29, 1.82) is 0 Å². The summed E-state index contributed by atoms with van der Waals surface area (Å²) >= 11 is 0. The highest BCUT2D eigenvalue weighted by atomic mass is 16.4. The maximum absolute atomic E-state index is 5.55. The highest BCUT2D eigenvalue weighted by Gasteiger charge is 2.27. The Labute approximate surface area is 97.6 Å². The number of hydrogen-bond donors (Lipinski definition) is 1. The molecule has 3 heteroatoms. The molecule has 0 bridgehead atoms. The van der Waals surface area contributed by atoms with Crippen LogP contribution < -0.4 is 5.32 Å². The summed E-state index contributed by atoms with van der Waals surface area (Å²) in [5.41, 5.74) is 0. The second kappa shape index (κ2) is 5.00. The molecule has 1 N–H and O–H groups in total. The van der Waals surface area contributed by atoms with Crippen molar-refractivity contribution in [1.82, 2.24) is 10.3 Å². The fourth-order valence-electron chi connectivity index (χ4n) is 2.71. The summed E-state index contributed by atoms with van der Waals surface area (Å²) < 4.78 is 5.55. The molecule has 0 amide bonds. The zero-order valence-corrected chi connectivity index (χ0v) is 10.5. The minimum atomic E-state index is 0.228. The summed E-state index contributed by atoms with van der Waals surface area (Å²) in [5, 5.41) is 3.65. The zero-order valence-electron chi connectivity index (χ0n) is 10.5. The lowest BCUT2D eigenvalue weighted by Crippen LogP contribution is -2.34. The topological polar surface area (TPSA) is 38.1 Å². The second-order valence-electron chi connectivity index (χ2n) is 4.90. The van der Waals surface area contributed by atoms with Gasteiger partial charge in [-0.25, -0.2) is 4.98 Å². The average Bonchev–Trinajstić information content (AvgIpc) is 2.86. The summed E-state index contributed by atoms with van der Waals surface area (Å²) in [7, 11) is 0. The van der Waals surface area contributed by atoms with Gasteiger partial charge in [0.25, 0.3) is 0 Å². The second-order valence-corrected chi connectivity index (χ2v) is 4.90. The van der Waals surface area contributed by atoms with Gasteiger partial charge in [-0.1, -0.05) is 19.8 Å². The molecule has 0 aromatic carbocycles. The molecular formula is C13H22N2O. The minimum Gasteiger partial charge on any atom is -0.444 e. The van der Waals surface area contributed by atoms with E-state index < -0.39 is 0 Å². The van der Waals surface area contributed by atoms with E-state index in [0.717, 1.165) is 17.6 Å². The zero-order chi connectivity index (χ0) is 11.5. The van der Waals surface area contributed by atoms with Crippen LogP contribution in [0.2, 0.25) is 0 Å². The molecule has 0 radical (unpaired) electrons. The van der Waals surface area contributed by atoms with Crippen molar-refractivity contribution in [2.24, 2.45) is 5.92 Å². The Bertz CT molecular complexity index is 334. The lowest BCUT2D eigenvalue weighted by Gasteiger charge is -2.22. The van der Waals surface area contributed by atoms with Crippen molar-refractivity contribution in [3.05, 3.63) is 17.8 Å². The fourth-order valence-corrected chi connectivity index (χ4v) is 2.71. The standard InChI is InChI=1S/C13H22N2O/c1-4-11-6-5-7-12(11)15-10(3)13-14-8-9(2)16-13/h8,10-12,15H,4-7H2,1-3H3. The van der Waals surface area contributed by atoms with Crippen LogP contribution in [0.5, 0.6) is 0 Å². The Hall–Kier alpha value is -0.830. The Morgan fingerprint density at radius 3 is 3.00 bits per heavy atom. The number of aryl methyl sites for hydroxylation is 1. The van der Waals surface area contributed by atoms with E-state index in [2.05, 4.69) is 24.1 Å². The summed E-state index contributed by atoms with van der Waals surface area (Å²) in [5.74, 6) is 2.54. The van der Waals surface area contributed by atoms with Gasteiger partial charge in [0.15, 0.2) is 0 Å². The first kappa shape index (κ1) is 11.6. The molecule has 3 unspecified atom stereocenters. The molecule has 0 spiro atoms. The van der Waals surface area contributed by atoms with Gasteiger partial charge >= 0.3 is 0 Å². The Morgan fingerprint density at radius 2 is 2.38 bits per heavy atom. The van der Waals surface area contributed by atoms with E-state index in [1.54, 1.807) is 6.20 Å². The third kappa shape index (κ3) is 2.46. The van der Waals surface area contributed by atoms with Crippen LogP contribution in [0, 0.1) is 12.8 Å². The van der Waals surface area contributed by atoms with Gasteiger partial charge in [-0.15, -0.1) is 0 Å². The van der Waals surface area contributed by atoms with Gasteiger partial charge in [0, 0.05) is 6.04 Å². The van der Waals surface area contributed by atoms with Crippen LogP contribution in [0.4, 0.5) is 0 Å². The van der Waals surface area contributed by atoms with Gasteiger partial charge in [0.2, 0.25) is 5.89 Å². The van der Waals surface area contributed by atoms with Gasteiger partial charge in [-0.2, -0.15) is 0 Å². The lowest BCUT2D eigenvalue weighted by atomic mass is 10.00. The summed E-state index contributed by atoms with van der Waals surface area (Å²) in [6.45, 7) is 6.36. The first-order chi connectivity index (χ1) is 7.70. The van der Waals surface area contributed by atoms with Crippen LogP contribution >= 0.6 is 0 Å². The number of oxazole rings is 1. The molecule has 1 aliphatic carbocycles. The minimum absolute atomic E-state index is 0.228. The molecule has 90 valence electrons. The first-order valence-electron chi connectivity index (χ1n) is 6.39. The van der Waals surface area contributed by atoms with Gasteiger partial charge in [0.1, 0.15) is 5.76 Å². The number of nitrogens with zero attached hydrogens (tertiary/aromatic N) is 1. The van der Waals surface area contributed by atoms with Gasteiger partial charge in [-0.3, -0.25) is 0 Å². The number of rotatable bonds is 4. The average molecular weight is 222 g/mol. The molecule has 1 aromatic heterocycles. The summed E-state index contributed by atoms with van der Waals surface area (Å²) in [6, 6.07) is 0.873. The Morgan fingerprint density at radius 1 is 1.56 bits per heavy atom. The van der Waals surface area contributed by atoms with Crippen LogP contribution in [-0.4, -0.2) is 11.0 Å². The van der Waals surface area contributed by atoms with Crippen molar-refractivity contribution in [3.8, 4) is 0 Å². The fraction of sp³-hybridized carbons (Fsp3) is 0.769. The molecule has 3 nitrogen and oxygen atoms in total. The molecular weight excluding hydrogens is 200 g/mol. The smallest absolute Gasteiger partial charge is 0.211 e. The van der Waals surface area contributed by atoms with Crippen molar-refractivity contribution < 1.29 is 4.42 Å². The van der Waals surface area contributed by atoms with Crippen molar-refractivity contribution in [3.63, 3.8) is 0 Å². The van der Waals surface area contributed by atoms with Crippen LogP contribution in [0.15, 0.2) is 10.6 Å². The van der Waals surface area contributed by atoms with Gasteiger partial charge in [0.05, 0.1) is 12.2 Å². The van der Waals surface area contributed by atoms with Crippen LogP contribution in [0.1, 0.15) is 57.2 Å². The number of nitrogens with one attached hydrogen (secondary N) is 1. The molecule has 3 atom stereocenters. The third-order valence-corrected chi connectivity index (χ3v) is 3.66. The molecule has 1 aromatic rings. The van der Waals surface area contributed by atoms with Crippen LogP contribution in [0.25, 0.3) is 0 Å². The Kier molecular flexibility index (Phi) is 3.64. The van der Waals surface area contributed by atoms with Crippen molar-refractivity contribution >= 4 is 0 Å². The van der Waals surface area contributed by atoms with Gasteiger partial charge < -0.3 is 9.73 Å². The Balaban J connectivity index is 1.94. The predicted molar refractivity (Wildman–Crippen MR) is 64.2 cm³/mol. The molecule has 16 heavy (non-hydrogen) atoms. The SMILES string of the molecule is CCC1CCCC1NC(C)c1ncc(C)o1. The monoisotopic (exact) mass is 222 g/mol. The summed E-state index contributed by atoms with van der Waals surface area (Å²) in [4.78, 5) is 4.28. The largest absolute Gasteiger partial charge is 0.444 e. The number of aromatic nitrogens is 1. The van der Waals surface area contributed by atoms with E-state index in [1.807, 2.05) is 6.92 Å². The maximum atomic E-state index is 5.55. The van der Waals surface area contributed by atoms with E-state index in [4.69, 9.17) is 4.42 Å². The lowest BCUT2D eigenvalue weighted by molar-refractivity contribution is 0.323. The van der Waals surface area contributed by atoms with Crippen molar-refractivity contribution in [2.45, 2.75) is 58.5 Å². The molecule has 1 heterocycles. The number of hydrogen-bond acceptors (Lipinski definition) is 3. The molecule has 1 fully saturated rings. The van der Waals surface area contributed by atoms with E-state index in [0.29, 0.717) is 6.04 Å². The van der Waals surface area contributed by atoms with E-state index >= 15 is 0 Å². The molecule has 0 saturated heterocycles. The van der Waals surface area contributed by atoms with E-state index in [1.165, 1.54) is 25.7 Å². The highest BCUT2D eigenvalue weighted by molar-refractivity contribution is 4.96. The quantitative estimate of drug-likeness (QED) is 0.850.